The van der Waals surface area contributed by atoms with E-state index in [4.69, 9.17) is 0 Å². The van der Waals surface area contributed by atoms with Crippen LogP contribution in [-0.2, 0) is 0 Å². The highest BCUT2D eigenvalue weighted by Gasteiger charge is 1.60. The lowest BCUT2D eigenvalue weighted by Crippen LogP contribution is -1.50. The van der Waals surface area contributed by atoms with Gasteiger partial charge in [0.15, 0.2) is 0 Å². The van der Waals surface area contributed by atoms with Crippen LogP contribution in [0.3, 0.4) is 0 Å². The van der Waals surface area contributed by atoms with Gasteiger partial charge in [0.2, 0.25) is 0 Å². The maximum atomic E-state index is 3.56. The Morgan fingerprint density at radius 2 is 0.538 bits per heavy atom. The van der Waals surface area contributed by atoms with Gasteiger partial charge in [0, 0.05) is 0 Å². The molecule has 0 saturated heterocycles. The molecule has 0 spiro atoms. The van der Waals surface area contributed by atoms with Gasteiger partial charge in [-0.15, -0.1) is 0 Å². The number of hydrogen-bond acceptors (Lipinski definition) is 0. The van der Waals surface area contributed by atoms with E-state index in [0.717, 1.165) is 11.1 Å². The molecule has 0 rings (SSSR count). The Hall–Kier alpha value is -1.04. The predicted molar refractivity (Wildman–Crippen MR) is 132 cm³/mol. The van der Waals surface area contributed by atoms with Crippen LogP contribution in [0.15, 0.2) is 49.6 Å². The zero-order chi connectivity index (χ0) is 22.2. The van der Waals surface area contributed by atoms with Crippen molar-refractivity contribution in [2.75, 3.05) is 0 Å². The van der Waals surface area contributed by atoms with Crippen molar-refractivity contribution in [2.24, 2.45) is 0 Å². The van der Waals surface area contributed by atoms with E-state index in [-0.39, 0.29) is 0 Å². The number of rotatable bonds is 6. The molecule has 0 aromatic heterocycles. The zero-order valence-electron chi connectivity index (χ0n) is 20.6. The lowest BCUT2D eigenvalue weighted by atomic mass is 10.4. The molecule has 0 amide bonds. The van der Waals surface area contributed by atoms with Gasteiger partial charge in [-0.2, -0.15) is 0 Å². The van der Waals surface area contributed by atoms with E-state index in [0.29, 0.717) is 0 Å². The topological polar surface area (TPSA) is 0 Å². The third-order valence-corrected chi connectivity index (χ3v) is 2.70. The Labute approximate surface area is 170 Å². The maximum Gasteiger partial charge on any atom is -0.0404 e. The summed E-state index contributed by atoms with van der Waals surface area (Å²) < 4.78 is 0. The summed E-state index contributed by atoms with van der Waals surface area (Å²) in [7, 11) is 0. The lowest BCUT2D eigenvalue weighted by molar-refractivity contribution is 0.886. The molecule has 0 aliphatic rings. The van der Waals surface area contributed by atoms with Crippen molar-refractivity contribution >= 4 is 0 Å². The molecule has 0 fully saturated rings. The van der Waals surface area contributed by atoms with Crippen LogP contribution in [0, 0.1) is 0 Å². The SMILES string of the molecule is C=CC(=C)C.C=CC(=C)C.CCCC.CCCC.CCCC.CCCC. The number of unbranched alkanes of at least 4 members (excludes halogenated alkanes) is 4. The van der Waals surface area contributed by atoms with Crippen molar-refractivity contribution in [1.82, 2.24) is 0 Å². The second kappa shape index (κ2) is 56.4. The molecule has 0 aromatic carbocycles. The van der Waals surface area contributed by atoms with Crippen LogP contribution in [-0.4, -0.2) is 0 Å². The fourth-order valence-electron chi connectivity index (χ4n) is 0. The van der Waals surface area contributed by atoms with E-state index in [1.54, 1.807) is 12.2 Å². The third-order valence-electron chi connectivity index (χ3n) is 2.70. The van der Waals surface area contributed by atoms with Gasteiger partial charge in [0.05, 0.1) is 0 Å². The first-order valence-electron chi connectivity index (χ1n) is 10.8. The number of hydrogen-bond donors (Lipinski definition) is 0. The van der Waals surface area contributed by atoms with E-state index in [2.05, 4.69) is 81.7 Å². The molecular weight excluding hydrogens is 312 g/mol. The Morgan fingerprint density at radius 1 is 0.462 bits per heavy atom. The first kappa shape index (κ1) is 39.9. The molecule has 0 aliphatic carbocycles. The van der Waals surface area contributed by atoms with Gasteiger partial charge in [-0.3, -0.25) is 0 Å². The van der Waals surface area contributed by atoms with Gasteiger partial charge >= 0.3 is 0 Å². The van der Waals surface area contributed by atoms with Crippen molar-refractivity contribution in [3.63, 3.8) is 0 Å². The molecule has 0 N–H and O–H groups in total. The second-order valence-electron chi connectivity index (χ2n) is 6.10. The first-order valence-corrected chi connectivity index (χ1v) is 10.8. The molecule has 0 aromatic rings. The Kier molecular flexibility index (Phi) is 86.5. The molecule has 0 atom stereocenters. The fourth-order valence-corrected chi connectivity index (χ4v) is 0. The molecule has 160 valence electrons. The summed E-state index contributed by atoms with van der Waals surface area (Å²) in [6.45, 7) is 35.3. The predicted octanol–water partition coefficient (Wildman–Crippen LogP) is 10.7. The standard InChI is InChI=1S/2C5H8.4C4H10/c2*1-4-5(2)3;4*1-3-4-2/h2*4H,1-2H2,3H3;4*3-4H2,1-2H3. The van der Waals surface area contributed by atoms with Crippen LogP contribution in [0.25, 0.3) is 0 Å². The Balaban J connectivity index is -0.0000000463. The van der Waals surface area contributed by atoms with Crippen LogP contribution in [0.4, 0.5) is 0 Å². The van der Waals surface area contributed by atoms with Crippen molar-refractivity contribution in [3.8, 4) is 0 Å². The van der Waals surface area contributed by atoms with Gasteiger partial charge in [0.25, 0.3) is 0 Å². The molecule has 0 heteroatoms. The average molecular weight is 369 g/mol. The highest BCUT2D eigenvalue weighted by molar-refractivity contribution is 5.06. The van der Waals surface area contributed by atoms with Crippen molar-refractivity contribution in [1.29, 1.82) is 0 Å². The van der Waals surface area contributed by atoms with Gasteiger partial charge in [-0.25, -0.2) is 0 Å². The summed E-state index contributed by atoms with van der Waals surface area (Å²) in [5, 5.41) is 0. The van der Waals surface area contributed by atoms with Crippen molar-refractivity contribution < 1.29 is 0 Å². The van der Waals surface area contributed by atoms with E-state index in [9.17, 15) is 0 Å². The highest BCUT2D eigenvalue weighted by atomic mass is 13.7. The monoisotopic (exact) mass is 368 g/mol. The minimum absolute atomic E-state index is 1.02. The van der Waals surface area contributed by atoms with E-state index in [1.807, 2.05) is 13.8 Å². The summed E-state index contributed by atoms with van der Waals surface area (Å²) in [4.78, 5) is 0. The van der Waals surface area contributed by atoms with E-state index < -0.39 is 0 Å². The molecule has 0 unspecified atom stereocenters. The average Bonchev–Trinajstić information content (AvgIpc) is 2.68. The maximum absolute atomic E-state index is 3.56. The van der Waals surface area contributed by atoms with Gasteiger partial charge < -0.3 is 0 Å². The van der Waals surface area contributed by atoms with Crippen LogP contribution in [0.2, 0.25) is 0 Å². The van der Waals surface area contributed by atoms with E-state index in [1.165, 1.54) is 51.4 Å². The summed E-state index contributed by atoms with van der Waals surface area (Å²) in [5.41, 5.74) is 2.04. The molecule has 0 aliphatic heterocycles. The van der Waals surface area contributed by atoms with Crippen molar-refractivity contribution in [3.05, 3.63) is 49.6 Å². The summed E-state index contributed by atoms with van der Waals surface area (Å²) >= 11 is 0. The molecule has 0 nitrogen and oxygen atoms in total. The van der Waals surface area contributed by atoms with Crippen LogP contribution < -0.4 is 0 Å². The fraction of sp³-hybridized carbons (Fsp3) is 0.692. The second-order valence-corrected chi connectivity index (χ2v) is 6.10. The molecule has 0 bridgehead atoms. The molecular formula is C26H56. The van der Waals surface area contributed by atoms with E-state index >= 15 is 0 Å². The van der Waals surface area contributed by atoms with Crippen molar-refractivity contribution in [2.45, 2.75) is 121 Å². The Morgan fingerprint density at radius 3 is 0.538 bits per heavy atom. The van der Waals surface area contributed by atoms with Gasteiger partial charge in [0.1, 0.15) is 0 Å². The zero-order valence-corrected chi connectivity index (χ0v) is 20.6. The van der Waals surface area contributed by atoms with Gasteiger partial charge in [-0.05, 0) is 13.8 Å². The largest absolute Gasteiger partial charge is 0.0988 e. The van der Waals surface area contributed by atoms with Gasteiger partial charge in [-0.1, -0.05) is 156 Å². The third kappa shape index (κ3) is 229. The molecule has 0 heterocycles. The summed E-state index contributed by atoms with van der Waals surface area (Å²) in [5.74, 6) is 0. The Bertz CT molecular complexity index is 190. The molecule has 0 radical (unpaired) electrons. The highest BCUT2D eigenvalue weighted by Crippen LogP contribution is 1.81. The number of allylic oxidation sites excluding steroid dienone is 4. The van der Waals surface area contributed by atoms with Crippen LogP contribution in [0.1, 0.15) is 121 Å². The summed E-state index contributed by atoms with van der Waals surface area (Å²) in [6.07, 6.45) is 14.0. The van der Waals surface area contributed by atoms with Crippen LogP contribution >= 0.6 is 0 Å². The smallest absolute Gasteiger partial charge is 0.0404 e. The minimum atomic E-state index is 1.02. The first-order chi connectivity index (χ1) is 12.2. The van der Waals surface area contributed by atoms with Crippen LogP contribution in [0.5, 0.6) is 0 Å². The summed E-state index contributed by atoms with van der Waals surface area (Å²) in [6, 6.07) is 0. The molecule has 0 saturated carbocycles. The minimum Gasteiger partial charge on any atom is -0.0988 e. The normalized spacial score (nSPS) is 7.15. The molecule has 26 heavy (non-hydrogen) atoms. The quantitative estimate of drug-likeness (QED) is 0.409. The lowest BCUT2D eigenvalue weighted by Gasteiger charge is -1.71.